The summed E-state index contributed by atoms with van der Waals surface area (Å²) < 4.78 is 0. The number of imidazole rings is 1. The number of phenolic OH excluding ortho intramolecular Hbond substituents is 1. The second kappa shape index (κ2) is 6.11. The standard InChI is InChI=1S/C20H18ClN3O2/c1-3-14-19(15-8-12(21)4-7-18(15)25)24(11(2)20(14)26)13-5-6-16-17(9-13)23-10-22-16/h4-10,19,25-26H,2-3H2,1H3,(H,22,23). The number of hydrogen-bond donors (Lipinski definition) is 3. The fraction of sp³-hybridized carbons (Fsp3) is 0.150. The van der Waals surface area contributed by atoms with Gasteiger partial charge in [0.2, 0.25) is 0 Å². The average molecular weight is 368 g/mol. The Morgan fingerprint density at radius 2 is 2.04 bits per heavy atom. The van der Waals surface area contributed by atoms with Crippen molar-refractivity contribution >= 4 is 28.3 Å². The Kier molecular flexibility index (Phi) is 3.89. The van der Waals surface area contributed by atoms with Gasteiger partial charge in [-0.25, -0.2) is 4.98 Å². The van der Waals surface area contributed by atoms with Crippen LogP contribution in [0.15, 0.2) is 66.3 Å². The lowest BCUT2D eigenvalue weighted by atomic mass is 9.96. The molecule has 1 aromatic heterocycles. The van der Waals surface area contributed by atoms with E-state index >= 15 is 0 Å². The number of halogens is 1. The van der Waals surface area contributed by atoms with Crippen LogP contribution in [0.2, 0.25) is 5.02 Å². The van der Waals surface area contributed by atoms with E-state index in [0.29, 0.717) is 22.7 Å². The fourth-order valence-electron chi connectivity index (χ4n) is 3.55. The highest BCUT2D eigenvalue weighted by atomic mass is 35.5. The summed E-state index contributed by atoms with van der Waals surface area (Å²) in [4.78, 5) is 9.25. The number of H-pyrrole nitrogens is 1. The van der Waals surface area contributed by atoms with E-state index in [-0.39, 0.29) is 17.6 Å². The van der Waals surface area contributed by atoms with Crippen LogP contribution in [-0.4, -0.2) is 20.2 Å². The largest absolute Gasteiger partial charge is 0.508 e. The molecule has 6 heteroatoms. The molecule has 0 amide bonds. The van der Waals surface area contributed by atoms with Gasteiger partial charge in [-0.15, -0.1) is 0 Å². The maximum Gasteiger partial charge on any atom is 0.140 e. The second-order valence-corrected chi connectivity index (χ2v) is 6.69. The first-order chi connectivity index (χ1) is 12.5. The number of anilines is 1. The number of benzene rings is 2. The van der Waals surface area contributed by atoms with Crippen molar-refractivity contribution in [3.63, 3.8) is 0 Å². The molecule has 132 valence electrons. The molecule has 5 nitrogen and oxygen atoms in total. The number of phenols is 1. The maximum atomic E-state index is 10.7. The van der Waals surface area contributed by atoms with E-state index in [9.17, 15) is 10.2 Å². The molecule has 2 heterocycles. The van der Waals surface area contributed by atoms with E-state index in [4.69, 9.17) is 11.6 Å². The number of fused-ring (bicyclic) bond motifs is 1. The molecule has 0 aliphatic carbocycles. The number of aliphatic hydroxyl groups excluding tert-OH is 1. The van der Waals surface area contributed by atoms with Crippen LogP contribution in [0, 0.1) is 0 Å². The number of nitrogens with one attached hydrogen (secondary N) is 1. The third kappa shape index (κ3) is 2.44. The van der Waals surface area contributed by atoms with Crippen molar-refractivity contribution in [1.29, 1.82) is 0 Å². The highest BCUT2D eigenvalue weighted by Gasteiger charge is 2.38. The van der Waals surface area contributed by atoms with E-state index in [2.05, 4.69) is 16.5 Å². The summed E-state index contributed by atoms with van der Waals surface area (Å²) in [7, 11) is 0. The molecule has 0 bridgehead atoms. The summed E-state index contributed by atoms with van der Waals surface area (Å²) in [5.41, 5.74) is 4.49. The number of aromatic nitrogens is 2. The second-order valence-electron chi connectivity index (χ2n) is 6.25. The third-order valence-corrected chi connectivity index (χ3v) is 5.04. The van der Waals surface area contributed by atoms with Gasteiger partial charge in [0.15, 0.2) is 0 Å². The molecule has 1 aliphatic heterocycles. The zero-order valence-corrected chi connectivity index (χ0v) is 15.0. The van der Waals surface area contributed by atoms with Gasteiger partial charge in [0.1, 0.15) is 11.5 Å². The van der Waals surface area contributed by atoms with Gasteiger partial charge in [0.25, 0.3) is 0 Å². The zero-order chi connectivity index (χ0) is 18.4. The molecule has 0 saturated carbocycles. The first-order valence-electron chi connectivity index (χ1n) is 8.33. The molecular weight excluding hydrogens is 350 g/mol. The first kappa shape index (κ1) is 16.5. The molecule has 26 heavy (non-hydrogen) atoms. The Hall–Kier alpha value is -2.92. The molecule has 0 saturated heterocycles. The van der Waals surface area contributed by atoms with Crippen LogP contribution in [-0.2, 0) is 0 Å². The van der Waals surface area contributed by atoms with Gasteiger partial charge < -0.3 is 20.1 Å². The zero-order valence-electron chi connectivity index (χ0n) is 14.2. The lowest BCUT2D eigenvalue weighted by Crippen LogP contribution is -2.23. The Morgan fingerprint density at radius 3 is 2.81 bits per heavy atom. The summed E-state index contributed by atoms with van der Waals surface area (Å²) in [5.74, 6) is 0.280. The number of aromatic amines is 1. The minimum absolute atomic E-state index is 0.125. The number of aromatic hydroxyl groups is 1. The van der Waals surface area contributed by atoms with Crippen molar-refractivity contribution in [3.05, 3.63) is 76.9 Å². The Labute approximate surface area is 155 Å². The van der Waals surface area contributed by atoms with Crippen LogP contribution in [0.5, 0.6) is 5.75 Å². The Bertz CT molecular complexity index is 1050. The highest BCUT2D eigenvalue weighted by Crippen LogP contribution is 2.48. The first-order valence-corrected chi connectivity index (χ1v) is 8.71. The van der Waals surface area contributed by atoms with Crippen LogP contribution in [0.4, 0.5) is 5.69 Å². The van der Waals surface area contributed by atoms with Gasteiger partial charge in [-0.05, 0) is 42.8 Å². The van der Waals surface area contributed by atoms with E-state index in [1.807, 2.05) is 30.0 Å². The normalized spacial score (nSPS) is 17.5. The lowest BCUT2D eigenvalue weighted by molar-refractivity contribution is 0.420. The molecule has 0 spiro atoms. The number of aliphatic hydroxyl groups is 1. The molecule has 3 aromatic rings. The van der Waals surface area contributed by atoms with Crippen molar-refractivity contribution in [2.75, 3.05) is 4.90 Å². The Morgan fingerprint density at radius 1 is 1.23 bits per heavy atom. The van der Waals surface area contributed by atoms with Gasteiger partial charge >= 0.3 is 0 Å². The van der Waals surface area contributed by atoms with E-state index in [1.165, 1.54) is 0 Å². The smallest absolute Gasteiger partial charge is 0.140 e. The number of rotatable bonds is 3. The number of nitrogens with zero attached hydrogens (tertiary/aromatic N) is 2. The molecule has 1 unspecified atom stereocenters. The van der Waals surface area contributed by atoms with Crippen LogP contribution in [0.1, 0.15) is 24.9 Å². The summed E-state index contributed by atoms with van der Waals surface area (Å²) in [6, 6.07) is 10.3. The topological polar surface area (TPSA) is 72.4 Å². The average Bonchev–Trinajstić information content (AvgIpc) is 3.19. The van der Waals surface area contributed by atoms with Gasteiger partial charge in [0, 0.05) is 21.8 Å². The van der Waals surface area contributed by atoms with Gasteiger partial charge in [-0.3, -0.25) is 0 Å². The van der Waals surface area contributed by atoms with Gasteiger partial charge in [-0.1, -0.05) is 25.1 Å². The summed E-state index contributed by atoms with van der Waals surface area (Å²) in [6.45, 7) is 6.03. The third-order valence-electron chi connectivity index (χ3n) is 4.80. The SMILES string of the molecule is C=C1C(O)=C(CC)C(c2cc(Cl)ccc2O)N1c1ccc2nc[nH]c2c1. The van der Waals surface area contributed by atoms with Gasteiger partial charge in [0.05, 0.1) is 29.1 Å². The molecule has 0 fully saturated rings. The summed E-state index contributed by atoms with van der Waals surface area (Å²) in [5, 5.41) is 21.6. The van der Waals surface area contributed by atoms with Crippen molar-refractivity contribution in [2.45, 2.75) is 19.4 Å². The van der Waals surface area contributed by atoms with Crippen LogP contribution < -0.4 is 4.90 Å². The summed E-state index contributed by atoms with van der Waals surface area (Å²) >= 11 is 6.17. The molecule has 3 N–H and O–H groups in total. The predicted octanol–water partition coefficient (Wildman–Crippen LogP) is 5.22. The quantitative estimate of drug-likeness (QED) is 0.593. The van der Waals surface area contributed by atoms with Gasteiger partial charge in [-0.2, -0.15) is 0 Å². The maximum absolute atomic E-state index is 10.7. The molecule has 1 atom stereocenters. The van der Waals surface area contributed by atoms with Crippen LogP contribution in [0.25, 0.3) is 11.0 Å². The highest BCUT2D eigenvalue weighted by molar-refractivity contribution is 6.30. The number of hydrogen-bond acceptors (Lipinski definition) is 4. The molecular formula is C20H18ClN3O2. The molecule has 4 rings (SSSR count). The minimum Gasteiger partial charge on any atom is -0.508 e. The molecule has 1 aliphatic rings. The van der Waals surface area contributed by atoms with Crippen molar-refractivity contribution in [3.8, 4) is 5.75 Å². The van der Waals surface area contributed by atoms with Crippen LogP contribution >= 0.6 is 11.6 Å². The Balaban J connectivity index is 1.91. The van der Waals surface area contributed by atoms with E-state index < -0.39 is 0 Å². The van der Waals surface area contributed by atoms with Crippen molar-refractivity contribution < 1.29 is 10.2 Å². The monoisotopic (exact) mass is 367 g/mol. The molecule has 0 radical (unpaired) electrons. The minimum atomic E-state index is -0.383. The van der Waals surface area contributed by atoms with E-state index in [0.717, 1.165) is 22.3 Å². The van der Waals surface area contributed by atoms with Crippen LogP contribution in [0.3, 0.4) is 0 Å². The van der Waals surface area contributed by atoms with Crippen molar-refractivity contribution in [2.24, 2.45) is 0 Å². The van der Waals surface area contributed by atoms with E-state index in [1.54, 1.807) is 24.5 Å². The molecule has 2 aromatic carbocycles. The fourth-order valence-corrected chi connectivity index (χ4v) is 3.73. The predicted molar refractivity (Wildman–Crippen MR) is 104 cm³/mol. The summed E-state index contributed by atoms with van der Waals surface area (Å²) in [6.07, 6.45) is 2.25. The van der Waals surface area contributed by atoms with Crippen molar-refractivity contribution in [1.82, 2.24) is 9.97 Å². The lowest BCUT2D eigenvalue weighted by Gasteiger charge is -2.30.